The number of rotatable bonds is 6. The van der Waals surface area contributed by atoms with Gasteiger partial charge in [0.2, 0.25) is 5.91 Å². The fraction of sp³-hybridized carbons (Fsp3) is 0.526. The highest BCUT2D eigenvalue weighted by molar-refractivity contribution is 7.99. The van der Waals surface area contributed by atoms with E-state index in [0.29, 0.717) is 22.0 Å². The Morgan fingerprint density at radius 1 is 1.35 bits per heavy atom. The molecule has 0 bridgehead atoms. The lowest BCUT2D eigenvalue weighted by atomic mass is 9.84. The molecule has 3 rings (SSSR count). The summed E-state index contributed by atoms with van der Waals surface area (Å²) < 4.78 is 1.86. The number of aromatic nitrogens is 3. The summed E-state index contributed by atoms with van der Waals surface area (Å²) in [5.74, 6) is 1.23. The third kappa shape index (κ3) is 4.80. The van der Waals surface area contributed by atoms with Crippen LogP contribution in [0.3, 0.4) is 0 Å². The third-order valence-electron chi connectivity index (χ3n) is 5.07. The largest absolute Gasteiger partial charge is 0.353 e. The molecule has 7 heteroatoms. The van der Waals surface area contributed by atoms with E-state index in [-0.39, 0.29) is 5.91 Å². The number of hydrogen-bond donors (Lipinski definition) is 1. The van der Waals surface area contributed by atoms with Crippen molar-refractivity contribution >= 4 is 29.3 Å². The summed E-state index contributed by atoms with van der Waals surface area (Å²) in [6.07, 6.45) is 7.51. The molecule has 5 nitrogen and oxygen atoms in total. The Bertz CT molecular complexity index is 756. The molecule has 140 valence electrons. The Morgan fingerprint density at radius 3 is 2.81 bits per heavy atom. The van der Waals surface area contributed by atoms with Crippen LogP contribution in [-0.4, -0.2) is 32.5 Å². The van der Waals surface area contributed by atoms with Crippen LogP contribution in [-0.2, 0) is 4.79 Å². The van der Waals surface area contributed by atoms with Crippen molar-refractivity contribution in [3.8, 4) is 5.69 Å². The van der Waals surface area contributed by atoms with Crippen molar-refractivity contribution in [2.75, 3.05) is 5.75 Å². The maximum atomic E-state index is 12.3. The molecule has 1 aromatic heterocycles. The first-order valence-electron chi connectivity index (χ1n) is 9.15. The van der Waals surface area contributed by atoms with Crippen LogP contribution in [0.1, 0.15) is 44.6 Å². The van der Waals surface area contributed by atoms with Crippen LogP contribution in [0, 0.1) is 12.8 Å². The molecule has 26 heavy (non-hydrogen) atoms. The molecule has 0 saturated heterocycles. The molecule has 1 aliphatic rings. The van der Waals surface area contributed by atoms with Crippen molar-refractivity contribution in [1.82, 2.24) is 20.1 Å². The summed E-state index contributed by atoms with van der Waals surface area (Å²) >= 11 is 7.61. The van der Waals surface area contributed by atoms with E-state index in [9.17, 15) is 4.79 Å². The molecule has 1 amide bonds. The van der Waals surface area contributed by atoms with Crippen molar-refractivity contribution in [3.05, 3.63) is 35.1 Å². The lowest BCUT2D eigenvalue weighted by Crippen LogP contribution is -2.38. The number of benzene rings is 1. The molecule has 1 heterocycles. The number of thioether (sulfide) groups is 1. The number of nitrogens with one attached hydrogen (secondary N) is 1. The van der Waals surface area contributed by atoms with E-state index in [2.05, 4.69) is 22.4 Å². The van der Waals surface area contributed by atoms with Crippen molar-refractivity contribution in [2.24, 2.45) is 5.92 Å². The van der Waals surface area contributed by atoms with Crippen molar-refractivity contribution in [2.45, 2.75) is 57.1 Å². The van der Waals surface area contributed by atoms with E-state index < -0.39 is 0 Å². The number of carbonyl (C=O) groups excluding carboxylic acids is 1. The molecule has 0 aliphatic heterocycles. The smallest absolute Gasteiger partial charge is 0.230 e. The van der Waals surface area contributed by atoms with Crippen LogP contribution < -0.4 is 5.32 Å². The van der Waals surface area contributed by atoms with Crippen LogP contribution in [0.15, 0.2) is 29.7 Å². The molecule has 1 aliphatic carbocycles. The van der Waals surface area contributed by atoms with Gasteiger partial charge in [-0.15, -0.1) is 10.2 Å². The number of carbonyl (C=O) groups is 1. The predicted molar refractivity (Wildman–Crippen MR) is 106 cm³/mol. The average Bonchev–Trinajstić information content (AvgIpc) is 3.11. The Balaban J connectivity index is 1.55. The van der Waals surface area contributed by atoms with Crippen LogP contribution in [0.4, 0.5) is 0 Å². The molecule has 1 saturated carbocycles. The number of aryl methyl sites for hydroxylation is 1. The quantitative estimate of drug-likeness (QED) is 0.740. The first-order chi connectivity index (χ1) is 12.6. The standard InChI is InChI=1S/C19H25ClN4OS/c1-3-14-5-7-15(8-6-14)22-18(25)11-26-19-23-21-12-24(19)16-9-4-13(2)17(20)10-16/h4,9-10,12,14-15H,3,5-8,11H2,1-2H3,(H,22,25). The summed E-state index contributed by atoms with van der Waals surface area (Å²) in [5, 5.41) is 12.7. The second-order valence-corrected chi connectivity index (χ2v) is 8.25. The van der Waals surface area contributed by atoms with Gasteiger partial charge in [-0.1, -0.05) is 42.8 Å². The summed E-state index contributed by atoms with van der Waals surface area (Å²) in [4.78, 5) is 12.3. The van der Waals surface area contributed by atoms with Crippen LogP contribution >= 0.6 is 23.4 Å². The normalized spacial score (nSPS) is 20.1. The van der Waals surface area contributed by atoms with Crippen molar-refractivity contribution in [1.29, 1.82) is 0 Å². The third-order valence-corrected chi connectivity index (χ3v) is 6.42. The van der Waals surface area contributed by atoms with E-state index in [1.165, 1.54) is 31.0 Å². The molecule has 0 atom stereocenters. The highest BCUT2D eigenvalue weighted by Crippen LogP contribution is 2.27. The molecule has 0 radical (unpaired) electrons. The maximum absolute atomic E-state index is 12.3. The maximum Gasteiger partial charge on any atom is 0.230 e. The lowest BCUT2D eigenvalue weighted by molar-refractivity contribution is -0.119. The molecule has 0 unspecified atom stereocenters. The second-order valence-electron chi connectivity index (χ2n) is 6.90. The Morgan fingerprint density at radius 2 is 2.12 bits per heavy atom. The van der Waals surface area contributed by atoms with E-state index >= 15 is 0 Å². The van der Waals surface area contributed by atoms with Gasteiger partial charge >= 0.3 is 0 Å². The van der Waals surface area contributed by atoms with Gasteiger partial charge in [-0.3, -0.25) is 9.36 Å². The number of nitrogens with zero attached hydrogens (tertiary/aromatic N) is 3. The molecule has 1 fully saturated rings. The molecule has 0 spiro atoms. The number of halogens is 1. The Labute approximate surface area is 163 Å². The van der Waals surface area contributed by atoms with Gasteiger partial charge in [-0.2, -0.15) is 0 Å². The topological polar surface area (TPSA) is 59.8 Å². The van der Waals surface area contributed by atoms with Crippen molar-refractivity contribution in [3.63, 3.8) is 0 Å². The zero-order chi connectivity index (χ0) is 18.5. The van der Waals surface area contributed by atoms with Crippen molar-refractivity contribution < 1.29 is 4.79 Å². The SMILES string of the molecule is CCC1CCC(NC(=O)CSc2nncn2-c2ccc(C)c(Cl)c2)CC1. The van der Waals surface area contributed by atoms with Gasteiger partial charge < -0.3 is 5.32 Å². The van der Waals surface area contributed by atoms with E-state index in [1.807, 2.05) is 29.7 Å². The minimum Gasteiger partial charge on any atom is -0.353 e. The van der Waals surface area contributed by atoms with Gasteiger partial charge in [-0.25, -0.2) is 0 Å². The van der Waals surface area contributed by atoms with Gasteiger partial charge in [0.15, 0.2) is 5.16 Å². The molecule has 1 aromatic carbocycles. The van der Waals surface area contributed by atoms with Crippen LogP contribution in [0.25, 0.3) is 5.69 Å². The predicted octanol–water partition coefficient (Wildman–Crippen LogP) is 4.41. The summed E-state index contributed by atoms with van der Waals surface area (Å²) in [5.41, 5.74) is 1.92. The van der Waals surface area contributed by atoms with Crippen LogP contribution in [0.5, 0.6) is 0 Å². The number of hydrogen-bond acceptors (Lipinski definition) is 4. The van der Waals surface area contributed by atoms with Gasteiger partial charge in [0.25, 0.3) is 0 Å². The van der Waals surface area contributed by atoms with E-state index in [1.54, 1.807) is 6.33 Å². The summed E-state index contributed by atoms with van der Waals surface area (Å²) in [7, 11) is 0. The monoisotopic (exact) mass is 392 g/mol. The molecular weight excluding hydrogens is 368 g/mol. The minimum atomic E-state index is 0.0615. The Kier molecular flexibility index (Phi) is 6.59. The zero-order valence-electron chi connectivity index (χ0n) is 15.2. The number of amides is 1. The summed E-state index contributed by atoms with van der Waals surface area (Å²) in [6, 6.07) is 6.14. The van der Waals surface area contributed by atoms with E-state index in [0.717, 1.165) is 30.0 Å². The van der Waals surface area contributed by atoms with Gasteiger partial charge in [-0.05, 0) is 56.2 Å². The highest BCUT2D eigenvalue weighted by atomic mass is 35.5. The zero-order valence-corrected chi connectivity index (χ0v) is 16.8. The average molecular weight is 393 g/mol. The van der Waals surface area contributed by atoms with Gasteiger partial charge in [0, 0.05) is 11.1 Å². The lowest BCUT2D eigenvalue weighted by Gasteiger charge is -2.28. The first-order valence-corrected chi connectivity index (χ1v) is 10.5. The highest BCUT2D eigenvalue weighted by Gasteiger charge is 2.21. The summed E-state index contributed by atoms with van der Waals surface area (Å²) in [6.45, 7) is 4.21. The molecule has 1 N–H and O–H groups in total. The molecular formula is C19H25ClN4OS. The second kappa shape index (κ2) is 8.91. The minimum absolute atomic E-state index is 0.0615. The molecule has 2 aromatic rings. The van der Waals surface area contributed by atoms with Gasteiger partial charge in [0.05, 0.1) is 11.4 Å². The Hall–Kier alpha value is -1.53. The fourth-order valence-electron chi connectivity index (χ4n) is 3.35. The van der Waals surface area contributed by atoms with Crippen LogP contribution in [0.2, 0.25) is 5.02 Å². The van der Waals surface area contributed by atoms with E-state index in [4.69, 9.17) is 11.6 Å². The van der Waals surface area contributed by atoms with Gasteiger partial charge in [0.1, 0.15) is 6.33 Å². The fourth-order valence-corrected chi connectivity index (χ4v) is 4.26. The first kappa shape index (κ1) is 19.2.